The minimum atomic E-state index is -5.01. The van der Waals surface area contributed by atoms with Crippen molar-refractivity contribution in [2.75, 3.05) is 13.2 Å². The van der Waals surface area contributed by atoms with E-state index < -0.39 is 41.2 Å². The Hall–Kier alpha value is -5.10. The number of rotatable bonds is 13. The highest BCUT2D eigenvalue weighted by molar-refractivity contribution is 5.39. The van der Waals surface area contributed by atoms with Crippen LogP contribution in [0, 0.1) is 11.3 Å². The van der Waals surface area contributed by atoms with Crippen molar-refractivity contribution < 1.29 is 35.8 Å². The lowest BCUT2D eigenvalue weighted by molar-refractivity contribution is -0.143. The van der Waals surface area contributed by atoms with Crippen LogP contribution in [0.5, 0.6) is 0 Å². The lowest BCUT2D eigenvalue weighted by Gasteiger charge is -2.52. The molecule has 0 N–H and O–H groups in total. The first-order valence-electron chi connectivity index (χ1n) is 18.5. The molecule has 56 heavy (non-hydrogen) atoms. The normalized spacial score (nSPS) is 22.4. The Morgan fingerprint density at radius 1 is 0.804 bits per heavy atom. The van der Waals surface area contributed by atoms with Crippen LogP contribution in [0.25, 0.3) is 0 Å². The maximum absolute atomic E-state index is 13.9. The van der Waals surface area contributed by atoms with Gasteiger partial charge in [-0.1, -0.05) is 91.0 Å². The molecular formula is C42H40F6N6O2. The summed E-state index contributed by atoms with van der Waals surface area (Å²) in [6, 6.07) is 32.1. The Balaban J connectivity index is 1.22. The average molecular weight is 775 g/mol. The highest BCUT2D eigenvalue weighted by Gasteiger charge is 2.62. The number of nitrogens with zero attached hydrogens (tertiary/aromatic N) is 6. The van der Waals surface area contributed by atoms with E-state index in [0.717, 1.165) is 17.5 Å². The monoisotopic (exact) mass is 774 g/mol. The second kappa shape index (κ2) is 16.2. The molecular weight excluding hydrogens is 734 g/mol. The summed E-state index contributed by atoms with van der Waals surface area (Å²) in [6.45, 7) is 2.41. The smallest absolute Gasteiger partial charge is 0.374 e. The van der Waals surface area contributed by atoms with Crippen molar-refractivity contribution in [2.45, 2.75) is 87.3 Å². The summed E-state index contributed by atoms with van der Waals surface area (Å²) in [6.07, 6.45) is -9.43. The van der Waals surface area contributed by atoms with Gasteiger partial charge >= 0.3 is 12.4 Å². The fourth-order valence-corrected chi connectivity index (χ4v) is 8.75. The number of ether oxygens (including phenoxy) is 2. The van der Waals surface area contributed by atoms with Crippen molar-refractivity contribution in [3.63, 3.8) is 0 Å². The lowest BCUT2D eigenvalue weighted by Crippen LogP contribution is -2.57. The fraction of sp³-hybridized carbons (Fsp3) is 0.381. The molecule has 0 radical (unpaired) electrons. The molecule has 0 spiro atoms. The Kier molecular flexibility index (Phi) is 11.3. The number of piperidine rings is 1. The average Bonchev–Trinajstić information content (AvgIpc) is 3.76. The molecule has 2 saturated heterocycles. The molecule has 7 rings (SSSR count). The van der Waals surface area contributed by atoms with E-state index in [1.165, 1.54) is 0 Å². The number of hydrogen-bond donors (Lipinski definition) is 0. The van der Waals surface area contributed by atoms with Crippen molar-refractivity contribution in [3.05, 3.63) is 148 Å². The molecule has 6 atom stereocenters. The summed E-state index contributed by atoms with van der Waals surface area (Å²) in [5.41, 5.74) is -1.25. The molecule has 14 heteroatoms. The van der Waals surface area contributed by atoms with E-state index in [1.54, 1.807) is 35.0 Å². The molecule has 8 nitrogen and oxygen atoms in total. The summed E-state index contributed by atoms with van der Waals surface area (Å²) < 4.78 is 98.1. The maximum Gasteiger partial charge on any atom is 0.416 e. The predicted octanol–water partition coefficient (Wildman–Crippen LogP) is 9.42. The number of halogens is 6. The summed E-state index contributed by atoms with van der Waals surface area (Å²) in [5, 5.41) is 22.1. The molecule has 2 bridgehead atoms. The van der Waals surface area contributed by atoms with E-state index in [-0.39, 0.29) is 49.3 Å². The van der Waals surface area contributed by atoms with Gasteiger partial charge in [0, 0.05) is 18.0 Å². The molecule has 2 fully saturated rings. The van der Waals surface area contributed by atoms with Crippen LogP contribution in [0.4, 0.5) is 26.3 Å². The van der Waals surface area contributed by atoms with Gasteiger partial charge in [0.25, 0.3) is 0 Å². The van der Waals surface area contributed by atoms with E-state index in [2.05, 4.69) is 57.7 Å². The van der Waals surface area contributed by atoms with Gasteiger partial charge in [0.1, 0.15) is 6.10 Å². The van der Waals surface area contributed by atoms with Crippen molar-refractivity contribution in [3.8, 4) is 6.07 Å². The van der Waals surface area contributed by atoms with Crippen LogP contribution in [0.1, 0.15) is 89.9 Å². The zero-order chi connectivity index (χ0) is 39.5. The highest BCUT2D eigenvalue weighted by Crippen LogP contribution is 2.59. The number of aryl methyl sites for hydroxylation is 1. The fourth-order valence-electron chi connectivity index (χ4n) is 8.75. The molecule has 0 amide bonds. The molecule has 292 valence electrons. The van der Waals surface area contributed by atoms with Gasteiger partial charge in [0.15, 0.2) is 5.82 Å². The molecule has 2 aliphatic rings. The SMILES string of the molecule is CC(c1ccccc1)N1C2CCC(OCCOC(c3ccccc3)c3cc(C(F)(F)F)cc(C(F)(F)F)c3)[C@@]1(c1ccccc1)CC2c1nnnn1CCC#N. The Labute approximate surface area is 320 Å². The van der Waals surface area contributed by atoms with E-state index in [1.807, 2.05) is 36.4 Å². The minimum absolute atomic E-state index is 0.000420. The summed E-state index contributed by atoms with van der Waals surface area (Å²) in [7, 11) is 0. The zero-order valence-electron chi connectivity index (χ0n) is 30.5. The van der Waals surface area contributed by atoms with Gasteiger partial charge in [-0.2, -0.15) is 31.6 Å². The molecule has 2 aliphatic heterocycles. The third-order valence-corrected chi connectivity index (χ3v) is 11.1. The summed E-state index contributed by atoms with van der Waals surface area (Å²) in [4.78, 5) is 2.51. The molecule has 5 aromatic rings. The summed E-state index contributed by atoms with van der Waals surface area (Å²) >= 11 is 0. The molecule has 4 aromatic carbocycles. The first-order valence-corrected chi connectivity index (χ1v) is 18.5. The first kappa shape index (κ1) is 39.1. The predicted molar refractivity (Wildman–Crippen MR) is 194 cm³/mol. The van der Waals surface area contributed by atoms with Crippen LogP contribution < -0.4 is 0 Å². The van der Waals surface area contributed by atoms with Gasteiger partial charge in [0.05, 0.1) is 55.0 Å². The number of alkyl halides is 6. The molecule has 1 aromatic heterocycles. The quantitative estimate of drug-likeness (QED) is 0.0870. The van der Waals surface area contributed by atoms with Gasteiger partial charge in [-0.05, 0) is 77.1 Å². The second-order valence-electron chi connectivity index (χ2n) is 14.3. The van der Waals surface area contributed by atoms with Crippen molar-refractivity contribution in [1.29, 1.82) is 5.26 Å². The Morgan fingerprint density at radius 2 is 1.41 bits per heavy atom. The molecule has 5 unspecified atom stereocenters. The van der Waals surface area contributed by atoms with Crippen LogP contribution in [0.15, 0.2) is 109 Å². The van der Waals surface area contributed by atoms with Crippen LogP contribution in [0.2, 0.25) is 0 Å². The minimum Gasteiger partial charge on any atom is -0.374 e. The molecule has 0 aliphatic carbocycles. The maximum atomic E-state index is 13.9. The number of benzene rings is 4. The molecule has 0 saturated carbocycles. The van der Waals surface area contributed by atoms with Crippen LogP contribution in [-0.2, 0) is 33.9 Å². The van der Waals surface area contributed by atoms with E-state index in [0.29, 0.717) is 42.9 Å². The van der Waals surface area contributed by atoms with Crippen molar-refractivity contribution in [2.24, 2.45) is 0 Å². The Bertz CT molecular complexity index is 2080. The number of tetrazole rings is 1. The second-order valence-corrected chi connectivity index (χ2v) is 14.3. The van der Waals surface area contributed by atoms with Gasteiger partial charge in [-0.15, -0.1) is 5.10 Å². The van der Waals surface area contributed by atoms with Crippen LogP contribution in [-0.4, -0.2) is 50.5 Å². The van der Waals surface area contributed by atoms with Gasteiger partial charge < -0.3 is 9.47 Å². The third kappa shape index (κ3) is 7.80. The van der Waals surface area contributed by atoms with E-state index >= 15 is 0 Å². The topological polar surface area (TPSA) is 89.1 Å². The number of fused-ring (bicyclic) bond motifs is 2. The van der Waals surface area contributed by atoms with E-state index in [9.17, 15) is 31.6 Å². The van der Waals surface area contributed by atoms with Crippen LogP contribution in [0.3, 0.4) is 0 Å². The van der Waals surface area contributed by atoms with Crippen LogP contribution >= 0.6 is 0 Å². The van der Waals surface area contributed by atoms with Gasteiger partial charge in [0.2, 0.25) is 0 Å². The summed E-state index contributed by atoms with van der Waals surface area (Å²) in [5.74, 6) is 0.577. The largest absolute Gasteiger partial charge is 0.416 e. The van der Waals surface area contributed by atoms with Gasteiger partial charge in [-0.3, -0.25) is 4.90 Å². The highest BCUT2D eigenvalue weighted by atomic mass is 19.4. The number of hydrogen-bond acceptors (Lipinski definition) is 7. The third-order valence-electron chi connectivity index (χ3n) is 11.1. The number of aromatic nitrogens is 4. The zero-order valence-corrected chi connectivity index (χ0v) is 30.5. The Morgan fingerprint density at radius 3 is 2.02 bits per heavy atom. The standard InChI is InChI=1S/C42H40F6N6O2/c1-28(29-12-5-2-6-13-29)54-36-18-19-37(40(54,32-16-9-4-10-17-32)27-35(36)39-50-51-52-53(39)21-11-20-49)55-22-23-56-38(30-14-7-3-8-15-30)31-24-33(41(43,44)45)26-34(25-31)42(46,47)48/h2-10,12-17,24-26,28,35-38H,11,18-19,21-23,27H2,1H3/t28?,35?,36?,37?,38?,40-/m0/s1. The molecule has 3 heterocycles. The van der Waals surface area contributed by atoms with Gasteiger partial charge in [-0.25, -0.2) is 4.68 Å². The first-order chi connectivity index (χ1) is 26.9. The van der Waals surface area contributed by atoms with Crippen molar-refractivity contribution >= 4 is 0 Å². The number of nitriles is 1. The van der Waals surface area contributed by atoms with E-state index in [4.69, 9.17) is 9.47 Å². The van der Waals surface area contributed by atoms with Crippen molar-refractivity contribution in [1.82, 2.24) is 25.1 Å². The lowest BCUT2D eigenvalue weighted by atomic mass is 9.77.